The van der Waals surface area contributed by atoms with Gasteiger partial charge in [0, 0.05) is 6.07 Å². The Bertz CT molecular complexity index is 578. The molecule has 23 heavy (non-hydrogen) atoms. The molecular formula is C17H23NO5. The Morgan fingerprint density at radius 2 is 1.87 bits per heavy atom. The lowest BCUT2D eigenvalue weighted by Gasteiger charge is -2.34. The van der Waals surface area contributed by atoms with Crippen molar-refractivity contribution in [1.29, 1.82) is 0 Å². The average Bonchev–Trinajstić information content (AvgIpc) is 2.59. The van der Waals surface area contributed by atoms with Crippen molar-refractivity contribution < 1.29 is 24.2 Å². The van der Waals surface area contributed by atoms with Crippen molar-refractivity contribution in [2.24, 2.45) is 5.92 Å². The molecule has 1 fully saturated rings. The van der Waals surface area contributed by atoms with E-state index in [2.05, 4.69) is 0 Å². The minimum atomic E-state index is -0.750. The lowest BCUT2D eigenvalue weighted by atomic mass is 9.94. The molecule has 1 saturated heterocycles. The third kappa shape index (κ3) is 3.82. The second kappa shape index (κ2) is 7.46. The van der Waals surface area contributed by atoms with Gasteiger partial charge in [-0.1, -0.05) is 0 Å². The van der Waals surface area contributed by atoms with Crippen LogP contribution in [-0.4, -0.2) is 55.1 Å². The SMILES string of the molecule is COc1ccc(C(=O)C(C)N2CCC(C(=O)O)CC2)c(OC)c1. The average molecular weight is 321 g/mol. The topological polar surface area (TPSA) is 76.1 Å². The minimum Gasteiger partial charge on any atom is -0.497 e. The van der Waals surface area contributed by atoms with Gasteiger partial charge in [-0.2, -0.15) is 0 Å². The second-order valence-corrected chi connectivity index (χ2v) is 5.75. The van der Waals surface area contributed by atoms with Gasteiger partial charge < -0.3 is 14.6 Å². The molecule has 1 aliphatic rings. The number of carbonyl (C=O) groups is 2. The number of piperidine rings is 1. The molecule has 6 heteroatoms. The van der Waals surface area contributed by atoms with Gasteiger partial charge in [-0.25, -0.2) is 0 Å². The molecule has 1 N–H and O–H groups in total. The molecule has 1 unspecified atom stereocenters. The Balaban J connectivity index is 2.10. The number of nitrogens with zero attached hydrogens (tertiary/aromatic N) is 1. The van der Waals surface area contributed by atoms with E-state index in [1.165, 1.54) is 7.11 Å². The van der Waals surface area contributed by atoms with Gasteiger partial charge in [0.25, 0.3) is 0 Å². The Morgan fingerprint density at radius 3 is 2.39 bits per heavy atom. The van der Waals surface area contributed by atoms with Crippen LogP contribution in [0, 0.1) is 5.92 Å². The number of hydrogen-bond donors (Lipinski definition) is 1. The predicted octanol–water partition coefficient (Wildman–Crippen LogP) is 2.07. The molecule has 0 amide bonds. The maximum absolute atomic E-state index is 12.8. The van der Waals surface area contributed by atoms with E-state index in [-0.39, 0.29) is 17.7 Å². The number of carboxylic acids is 1. The van der Waals surface area contributed by atoms with Gasteiger partial charge in [0.2, 0.25) is 0 Å². The van der Waals surface area contributed by atoms with E-state index in [1.807, 2.05) is 11.8 Å². The first-order valence-corrected chi connectivity index (χ1v) is 7.71. The monoisotopic (exact) mass is 321 g/mol. The van der Waals surface area contributed by atoms with Gasteiger partial charge in [0.1, 0.15) is 11.5 Å². The van der Waals surface area contributed by atoms with Crippen LogP contribution in [0.25, 0.3) is 0 Å². The largest absolute Gasteiger partial charge is 0.497 e. The highest BCUT2D eigenvalue weighted by molar-refractivity contribution is 6.02. The number of Topliss-reactive ketones (excluding diaryl/α,β-unsaturated/α-hetero) is 1. The maximum atomic E-state index is 12.8. The lowest BCUT2D eigenvalue weighted by Crippen LogP contribution is -2.45. The van der Waals surface area contributed by atoms with E-state index in [0.717, 1.165) is 0 Å². The first-order chi connectivity index (χ1) is 11.0. The first kappa shape index (κ1) is 17.3. The predicted molar refractivity (Wildman–Crippen MR) is 85.3 cm³/mol. The van der Waals surface area contributed by atoms with Gasteiger partial charge in [-0.15, -0.1) is 0 Å². The molecule has 1 aromatic rings. The molecule has 0 aliphatic carbocycles. The summed E-state index contributed by atoms with van der Waals surface area (Å²) in [6.45, 7) is 3.08. The van der Waals surface area contributed by atoms with Crippen LogP contribution in [0.1, 0.15) is 30.1 Å². The van der Waals surface area contributed by atoms with Crippen molar-refractivity contribution in [3.8, 4) is 11.5 Å². The van der Waals surface area contributed by atoms with E-state index < -0.39 is 5.97 Å². The van der Waals surface area contributed by atoms with Gasteiger partial charge in [-0.3, -0.25) is 14.5 Å². The lowest BCUT2D eigenvalue weighted by molar-refractivity contribution is -0.143. The summed E-state index contributed by atoms with van der Waals surface area (Å²) in [6.07, 6.45) is 1.15. The van der Waals surface area contributed by atoms with E-state index in [4.69, 9.17) is 14.6 Å². The Kier molecular flexibility index (Phi) is 5.60. The Morgan fingerprint density at radius 1 is 1.22 bits per heavy atom. The molecule has 1 atom stereocenters. The van der Waals surface area contributed by atoms with Crippen LogP contribution in [0.3, 0.4) is 0 Å². The molecule has 1 heterocycles. The van der Waals surface area contributed by atoms with E-state index in [0.29, 0.717) is 43.0 Å². The maximum Gasteiger partial charge on any atom is 0.306 e. The summed E-state index contributed by atoms with van der Waals surface area (Å²) in [5.41, 5.74) is 0.515. The number of rotatable bonds is 6. The Hall–Kier alpha value is -2.08. The molecule has 0 aromatic heterocycles. The first-order valence-electron chi connectivity index (χ1n) is 7.71. The number of hydrogen-bond acceptors (Lipinski definition) is 5. The minimum absolute atomic E-state index is 0.0294. The fourth-order valence-electron chi connectivity index (χ4n) is 2.93. The summed E-state index contributed by atoms with van der Waals surface area (Å²) in [6, 6.07) is 4.82. The fourth-order valence-corrected chi connectivity index (χ4v) is 2.93. The summed E-state index contributed by atoms with van der Waals surface area (Å²) in [7, 11) is 3.08. The van der Waals surface area contributed by atoms with Gasteiger partial charge in [-0.05, 0) is 45.0 Å². The molecule has 6 nitrogen and oxygen atoms in total. The van der Waals surface area contributed by atoms with Gasteiger partial charge in [0.15, 0.2) is 5.78 Å². The molecule has 126 valence electrons. The van der Waals surface area contributed by atoms with E-state index in [1.54, 1.807) is 25.3 Å². The van der Waals surface area contributed by atoms with Crippen molar-refractivity contribution >= 4 is 11.8 Å². The number of ketones is 1. The molecule has 0 bridgehead atoms. The molecule has 2 rings (SSSR count). The number of likely N-dealkylation sites (tertiary alicyclic amines) is 1. The number of benzene rings is 1. The molecule has 0 saturated carbocycles. The zero-order valence-electron chi connectivity index (χ0n) is 13.7. The zero-order valence-corrected chi connectivity index (χ0v) is 13.7. The van der Waals surface area contributed by atoms with Crippen LogP contribution in [-0.2, 0) is 4.79 Å². The third-order valence-electron chi connectivity index (χ3n) is 4.48. The van der Waals surface area contributed by atoms with Crippen LogP contribution in [0.15, 0.2) is 18.2 Å². The third-order valence-corrected chi connectivity index (χ3v) is 4.48. The van der Waals surface area contributed by atoms with Crippen LogP contribution in [0.2, 0.25) is 0 Å². The van der Waals surface area contributed by atoms with Crippen LogP contribution < -0.4 is 9.47 Å². The van der Waals surface area contributed by atoms with Crippen molar-refractivity contribution in [3.63, 3.8) is 0 Å². The highest BCUT2D eigenvalue weighted by Crippen LogP contribution is 2.27. The molecule has 0 spiro atoms. The van der Waals surface area contributed by atoms with E-state index >= 15 is 0 Å². The number of carboxylic acid groups (broad SMARTS) is 1. The standard InChI is InChI=1S/C17H23NO5/c1-11(18-8-6-12(7-9-18)17(20)21)16(19)14-5-4-13(22-2)10-15(14)23-3/h4-5,10-12H,6-9H2,1-3H3,(H,20,21). The quantitative estimate of drug-likeness (QED) is 0.808. The summed E-state index contributed by atoms with van der Waals surface area (Å²) < 4.78 is 10.4. The zero-order chi connectivity index (χ0) is 17.0. The molecule has 1 aromatic carbocycles. The van der Waals surface area contributed by atoms with Crippen LogP contribution in [0.5, 0.6) is 11.5 Å². The van der Waals surface area contributed by atoms with Crippen molar-refractivity contribution in [1.82, 2.24) is 4.90 Å². The summed E-state index contributed by atoms with van der Waals surface area (Å²) in [5.74, 6) is 0.0396. The Labute approximate surface area is 136 Å². The van der Waals surface area contributed by atoms with Gasteiger partial charge >= 0.3 is 5.97 Å². The summed E-state index contributed by atoms with van der Waals surface area (Å²) in [4.78, 5) is 25.8. The van der Waals surface area contributed by atoms with E-state index in [9.17, 15) is 9.59 Å². The number of methoxy groups -OCH3 is 2. The van der Waals surface area contributed by atoms with Crippen molar-refractivity contribution in [3.05, 3.63) is 23.8 Å². The summed E-state index contributed by atoms with van der Waals surface area (Å²) >= 11 is 0. The highest BCUT2D eigenvalue weighted by atomic mass is 16.5. The number of aliphatic carboxylic acids is 1. The molecule has 1 aliphatic heterocycles. The van der Waals surface area contributed by atoms with Crippen LogP contribution in [0.4, 0.5) is 0 Å². The number of ether oxygens (including phenoxy) is 2. The van der Waals surface area contributed by atoms with Crippen molar-refractivity contribution in [2.75, 3.05) is 27.3 Å². The van der Waals surface area contributed by atoms with Gasteiger partial charge in [0.05, 0.1) is 31.7 Å². The van der Waals surface area contributed by atoms with Crippen molar-refractivity contribution in [2.45, 2.75) is 25.8 Å². The fraction of sp³-hybridized carbons (Fsp3) is 0.529. The smallest absolute Gasteiger partial charge is 0.306 e. The number of carbonyl (C=O) groups excluding carboxylic acids is 1. The normalized spacial score (nSPS) is 17.5. The summed E-state index contributed by atoms with van der Waals surface area (Å²) in [5, 5.41) is 9.05. The second-order valence-electron chi connectivity index (χ2n) is 5.75. The van der Waals surface area contributed by atoms with Crippen LogP contribution >= 0.6 is 0 Å². The molecule has 0 radical (unpaired) electrons. The molecular weight excluding hydrogens is 298 g/mol. The highest BCUT2D eigenvalue weighted by Gasteiger charge is 2.30.